The largest absolute Gasteiger partial charge is 0.368 e. The molecule has 2 heterocycles. The summed E-state index contributed by atoms with van der Waals surface area (Å²) in [5.41, 5.74) is 3.20. The molecule has 2 aromatic rings. The van der Waals surface area contributed by atoms with Crippen LogP contribution in [0.2, 0.25) is 0 Å². The van der Waals surface area contributed by atoms with Crippen LogP contribution >= 0.6 is 11.3 Å². The van der Waals surface area contributed by atoms with Crippen molar-refractivity contribution in [3.63, 3.8) is 0 Å². The first-order chi connectivity index (χ1) is 11.0. The zero-order valence-electron chi connectivity index (χ0n) is 13.7. The summed E-state index contributed by atoms with van der Waals surface area (Å²) in [4.78, 5) is 29.0. The predicted octanol–water partition coefficient (Wildman–Crippen LogP) is 2.03. The highest BCUT2D eigenvalue weighted by Crippen LogP contribution is 2.20. The summed E-state index contributed by atoms with van der Waals surface area (Å²) in [7, 11) is 1.71. The molecule has 0 aliphatic carbocycles. The van der Waals surface area contributed by atoms with E-state index in [1.165, 1.54) is 11.3 Å². The van der Waals surface area contributed by atoms with E-state index >= 15 is 0 Å². The first-order valence-electron chi connectivity index (χ1n) is 7.74. The number of benzene rings is 1. The van der Waals surface area contributed by atoms with E-state index in [2.05, 4.69) is 36.1 Å². The van der Waals surface area contributed by atoms with E-state index in [0.29, 0.717) is 18.0 Å². The van der Waals surface area contributed by atoms with Crippen molar-refractivity contribution in [3.8, 4) is 0 Å². The van der Waals surface area contributed by atoms with Crippen LogP contribution < -0.4 is 9.77 Å². The van der Waals surface area contributed by atoms with Gasteiger partial charge in [0.05, 0.1) is 0 Å². The average Bonchev–Trinajstić information content (AvgIpc) is 2.82. The molecule has 0 atom stereocenters. The fourth-order valence-corrected chi connectivity index (χ4v) is 3.80. The Bertz CT molecular complexity index is 785. The van der Waals surface area contributed by atoms with Crippen LogP contribution in [0, 0.1) is 13.8 Å². The number of carbonyl (C=O) groups excluding carboxylic acids is 1. The Balaban J connectivity index is 1.70. The van der Waals surface area contributed by atoms with Gasteiger partial charge in [0.15, 0.2) is 0 Å². The van der Waals surface area contributed by atoms with E-state index in [0.717, 1.165) is 30.1 Å². The van der Waals surface area contributed by atoms with E-state index in [-0.39, 0.29) is 10.8 Å². The maximum absolute atomic E-state index is 12.6. The zero-order chi connectivity index (χ0) is 16.6. The van der Waals surface area contributed by atoms with Gasteiger partial charge in [-0.1, -0.05) is 23.5 Å². The fraction of sp³-hybridized carbons (Fsp3) is 0.412. The Kier molecular flexibility index (Phi) is 4.26. The fourth-order valence-electron chi connectivity index (χ4n) is 2.85. The van der Waals surface area contributed by atoms with Gasteiger partial charge < -0.3 is 14.4 Å². The molecule has 0 bridgehead atoms. The summed E-state index contributed by atoms with van der Waals surface area (Å²) in [6.45, 7) is 6.91. The molecule has 0 unspecified atom stereocenters. The number of piperazine rings is 1. The van der Waals surface area contributed by atoms with Crippen LogP contribution in [0.3, 0.4) is 0 Å². The third-order valence-corrected chi connectivity index (χ3v) is 5.55. The number of amides is 1. The minimum absolute atomic E-state index is 0.0194. The molecule has 6 heteroatoms. The van der Waals surface area contributed by atoms with Gasteiger partial charge in [0.2, 0.25) is 0 Å². The van der Waals surface area contributed by atoms with Gasteiger partial charge in [0.1, 0.15) is 4.88 Å². The van der Waals surface area contributed by atoms with Crippen molar-refractivity contribution in [2.45, 2.75) is 13.8 Å². The highest BCUT2D eigenvalue weighted by atomic mass is 32.1. The molecule has 0 spiro atoms. The molecule has 0 saturated carbocycles. The highest BCUT2D eigenvalue weighted by Gasteiger charge is 2.25. The first-order valence-corrected chi connectivity index (χ1v) is 8.56. The van der Waals surface area contributed by atoms with E-state index in [1.807, 2.05) is 11.8 Å². The number of carbonyl (C=O) groups is 1. The summed E-state index contributed by atoms with van der Waals surface area (Å²) < 4.78 is 1.54. The summed E-state index contributed by atoms with van der Waals surface area (Å²) in [6, 6.07) is 8.43. The topological polar surface area (TPSA) is 45.6 Å². The molecular weight excluding hydrogens is 310 g/mol. The van der Waals surface area contributed by atoms with E-state index in [9.17, 15) is 9.59 Å². The van der Waals surface area contributed by atoms with Crippen LogP contribution in [0.5, 0.6) is 0 Å². The molecule has 1 aromatic carbocycles. The molecule has 0 N–H and O–H groups in total. The lowest BCUT2D eigenvalue weighted by molar-refractivity contribution is 0.0750. The van der Waals surface area contributed by atoms with Crippen LogP contribution in [0.1, 0.15) is 20.9 Å². The normalized spacial score (nSPS) is 15.1. The first kappa shape index (κ1) is 15.8. The molecule has 3 rings (SSSR count). The van der Waals surface area contributed by atoms with E-state index in [4.69, 9.17) is 0 Å². The van der Waals surface area contributed by atoms with Gasteiger partial charge in [-0.05, 0) is 31.5 Å². The molecular formula is C17H21N3O2S. The van der Waals surface area contributed by atoms with Gasteiger partial charge in [-0.25, -0.2) is 0 Å². The Morgan fingerprint density at radius 3 is 2.39 bits per heavy atom. The summed E-state index contributed by atoms with van der Waals surface area (Å²) in [5, 5.41) is 0. The van der Waals surface area contributed by atoms with Gasteiger partial charge in [0.25, 0.3) is 5.91 Å². The summed E-state index contributed by atoms with van der Waals surface area (Å²) in [6.07, 6.45) is 0. The summed E-state index contributed by atoms with van der Waals surface area (Å²) >= 11 is 1.04. The van der Waals surface area contributed by atoms with Crippen LogP contribution in [-0.2, 0) is 7.05 Å². The predicted molar refractivity (Wildman–Crippen MR) is 93.6 cm³/mol. The van der Waals surface area contributed by atoms with Gasteiger partial charge in [0, 0.05) is 44.6 Å². The zero-order valence-corrected chi connectivity index (χ0v) is 14.5. The Morgan fingerprint density at radius 1 is 1.13 bits per heavy atom. The molecule has 1 fully saturated rings. The maximum atomic E-state index is 12.6. The van der Waals surface area contributed by atoms with Gasteiger partial charge >= 0.3 is 4.87 Å². The lowest BCUT2D eigenvalue weighted by Gasteiger charge is -2.36. The number of aromatic nitrogens is 1. The van der Waals surface area contributed by atoms with Crippen molar-refractivity contribution in [2.75, 3.05) is 31.1 Å². The van der Waals surface area contributed by atoms with Crippen molar-refractivity contribution in [2.24, 2.45) is 7.05 Å². The molecule has 1 amide bonds. The third-order valence-electron chi connectivity index (χ3n) is 4.42. The molecule has 1 aliphatic heterocycles. The number of hydrogen-bond donors (Lipinski definition) is 0. The monoisotopic (exact) mass is 331 g/mol. The second kappa shape index (κ2) is 6.20. The van der Waals surface area contributed by atoms with Crippen LogP contribution in [0.15, 0.2) is 29.1 Å². The number of aryl methyl sites for hydroxylation is 1. The maximum Gasteiger partial charge on any atom is 0.307 e. The number of thiazole rings is 1. The molecule has 1 saturated heterocycles. The minimum Gasteiger partial charge on any atom is -0.368 e. The highest BCUT2D eigenvalue weighted by molar-refractivity contribution is 7.11. The smallest absolute Gasteiger partial charge is 0.307 e. The molecule has 0 radical (unpaired) electrons. The molecule has 1 aromatic heterocycles. The van der Waals surface area contributed by atoms with Crippen molar-refractivity contribution in [3.05, 3.63) is 50.1 Å². The van der Waals surface area contributed by atoms with Crippen LogP contribution in [0.25, 0.3) is 0 Å². The lowest BCUT2D eigenvalue weighted by Crippen LogP contribution is -2.48. The van der Waals surface area contributed by atoms with Crippen molar-refractivity contribution >= 4 is 22.9 Å². The van der Waals surface area contributed by atoms with E-state index < -0.39 is 0 Å². The molecule has 23 heavy (non-hydrogen) atoms. The van der Waals surface area contributed by atoms with E-state index in [1.54, 1.807) is 11.6 Å². The number of rotatable bonds is 2. The Hall–Kier alpha value is -2.08. The van der Waals surface area contributed by atoms with Gasteiger partial charge in [-0.15, -0.1) is 0 Å². The second-order valence-corrected chi connectivity index (χ2v) is 6.92. The third kappa shape index (κ3) is 3.03. The average molecular weight is 331 g/mol. The van der Waals surface area contributed by atoms with Crippen LogP contribution in [-0.4, -0.2) is 41.6 Å². The Morgan fingerprint density at radius 2 is 1.83 bits per heavy atom. The number of anilines is 1. The molecule has 1 aliphatic rings. The standard InChI is InChI=1S/C17H21N3O2S/c1-12-5-4-6-14(11-12)19-7-9-20(10-8-19)16(21)15-13(2)18(3)17(22)23-15/h4-6,11H,7-10H2,1-3H3. The van der Waals surface area contributed by atoms with Crippen molar-refractivity contribution in [1.29, 1.82) is 0 Å². The summed E-state index contributed by atoms with van der Waals surface area (Å²) in [5.74, 6) is -0.0194. The molecule has 122 valence electrons. The van der Waals surface area contributed by atoms with Gasteiger partial charge in [-0.2, -0.15) is 0 Å². The Labute approximate surface area is 139 Å². The van der Waals surface area contributed by atoms with Crippen LogP contribution in [0.4, 0.5) is 5.69 Å². The lowest BCUT2D eigenvalue weighted by atomic mass is 10.2. The van der Waals surface area contributed by atoms with Crippen molar-refractivity contribution < 1.29 is 4.79 Å². The van der Waals surface area contributed by atoms with Gasteiger partial charge in [-0.3, -0.25) is 9.59 Å². The quantitative estimate of drug-likeness (QED) is 0.846. The molecule has 5 nitrogen and oxygen atoms in total. The second-order valence-electron chi connectivity index (χ2n) is 5.96. The number of hydrogen-bond acceptors (Lipinski definition) is 4. The van der Waals surface area contributed by atoms with Crippen molar-refractivity contribution in [1.82, 2.24) is 9.47 Å². The SMILES string of the molecule is Cc1cccc(N2CCN(C(=O)c3sc(=O)n(C)c3C)CC2)c1. The number of nitrogens with zero attached hydrogens (tertiary/aromatic N) is 3. The minimum atomic E-state index is -0.0794.